The quantitative estimate of drug-likeness (QED) is 0.800. The molecule has 1 saturated heterocycles. The van der Waals surface area contributed by atoms with Crippen molar-refractivity contribution in [3.63, 3.8) is 0 Å². The van der Waals surface area contributed by atoms with Gasteiger partial charge in [-0.2, -0.15) is 5.26 Å². The summed E-state index contributed by atoms with van der Waals surface area (Å²) in [7, 11) is 0. The fraction of sp³-hybridized carbons (Fsp3) is 0.929. The highest BCUT2D eigenvalue weighted by Crippen LogP contribution is 2.28. The maximum Gasteiger partial charge on any atom is 0.0746 e. The summed E-state index contributed by atoms with van der Waals surface area (Å²) in [4.78, 5) is 2.38. The van der Waals surface area contributed by atoms with Crippen LogP contribution in [0.15, 0.2) is 0 Å². The molecule has 1 N–H and O–H groups in total. The van der Waals surface area contributed by atoms with E-state index in [4.69, 9.17) is 5.26 Å². The van der Waals surface area contributed by atoms with Crippen molar-refractivity contribution >= 4 is 0 Å². The monoisotopic (exact) mass is 238 g/mol. The van der Waals surface area contributed by atoms with Crippen LogP contribution in [0.5, 0.6) is 0 Å². The van der Waals surface area contributed by atoms with Crippen LogP contribution in [-0.2, 0) is 0 Å². The van der Waals surface area contributed by atoms with Crippen molar-refractivity contribution in [1.29, 1.82) is 5.26 Å². The van der Waals surface area contributed by atoms with Crippen molar-refractivity contribution in [2.45, 2.75) is 65.0 Å². The average molecular weight is 238 g/mol. The van der Waals surface area contributed by atoms with E-state index in [2.05, 4.69) is 11.0 Å². The Morgan fingerprint density at radius 1 is 1.35 bits per heavy atom. The fourth-order valence-corrected chi connectivity index (χ4v) is 2.67. The average Bonchev–Trinajstić information content (AvgIpc) is 2.65. The Kier molecular flexibility index (Phi) is 4.57. The van der Waals surface area contributed by atoms with Gasteiger partial charge in [0.2, 0.25) is 0 Å². The lowest BCUT2D eigenvalue weighted by molar-refractivity contribution is -0.00315. The summed E-state index contributed by atoms with van der Waals surface area (Å²) in [5.74, 6) is 0. The largest absolute Gasteiger partial charge is 0.389 e. The lowest BCUT2D eigenvalue weighted by atomic mass is 9.89. The molecule has 1 atom stereocenters. The maximum absolute atomic E-state index is 10.1. The van der Waals surface area contributed by atoms with Crippen molar-refractivity contribution < 1.29 is 5.11 Å². The molecule has 0 amide bonds. The fourth-order valence-electron chi connectivity index (χ4n) is 2.67. The second-order valence-corrected chi connectivity index (χ2v) is 6.45. The molecule has 1 rings (SSSR count). The van der Waals surface area contributed by atoms with Crippen molar-refractivity contribution in [2.75, 3.05) is 13.1 Å². The third kappa shape index (κ3) is 4.29. The van der Waals surface area contributed by atoms with Gasteiger partial charge in [0, 0.05) is 6.04 Å². The van der Waals surface area contributed by atoms with Crippen LogP contribution in [0.2, 0.25) is 0 Å². The minimum Gasteiger partial charge on any atom is -0.389 e. The SMILES string of the molecule is CC(C)(C#N)CCCN1CCCC1C(C)(C)O. The number of aliphatic hydroxyl groups is 1. The van der Waals surface area contributed by atoms with Crippen LogP contribution in [0.25, 0.3) is 0 Å². The Morgan fingerprint density at radius 2 is 2.00 bits per heavy atom. The van der Waals surface area contributed by atoms with Gasteiger partial charge in [0.25, 0.3) is 0 Å². The summed E-state index contributed by atoms with van der Waals surface area (Å²) in [6.07, 6.45) is 4.23. The highest BCUT2D eigenvalue weighted by molar-refractivity contribution is 4.93. The Bertz CT molecular complexity index is 286. The molecule has 98 valence electrons. The van der Waals surface area contributed by atoms with Gasteiger partial charge in [-0.25, -0.2) is 0 Å². The summed E-state index contributed by atoms with van der Waals surface area (Å²) in [5, 5.41) is 19.1. The molecule has 1 unspecified atom stereocenters. The van der Waals surface area contributed by atoms with Crippen molar-refractivity contribution in [2.24, 2.45) is 5.41 Å². The first-order chi connectivity index (χ1) is 7.76. The number of nitriles is 1. The zero-order valence-electron chi connectivity index (χ0n) is 11.7. The van der Waals surface area contributed by atoms with Crippen LogP contribution in [0.4, 0.5) is 0 Å². The van der Waals surface area contributed by atoms with Crippen LogP contribution in [0.3, 0.4) is 0 Å². The third-order valence-electron chi connectivity index (χ3n) is 3.73. The van der Waals surface area contributed by atoms with E-state index in [1.54, 1.807) is 0 Å². The van der Waals surface area contributed by atoms with Crippen LogP contribution >= 0.6 is 0 Å². The van der Waals surface area contributed by atoms with Crippen LogP contribution in [0, 0.1) is 16.7 Å². The van der Waals surface area contributed by atoms with Gasteiger partial charge in [0.05, 0.1) is 17.1 Å². The Balaban J connectivity index is 2.40. The molecule has 0 aromatic heterocycles. The molecule has 0 aromatic carbocycles. The summed E-state index contributed by atoms with van der Waals surface area (Å²) in [6, 6.07) is 2.63. The highest BCUT2D eigenvalue weighted by Gasteiger charge is 2.35. The molecule has 0 bridgehead atoms. The number of hydrogen-bond acceptors (Lipinski definition) is 3. The first-order valence-electron chi connectivity index (χ1n) is 6.64. The summed E-state index contributed by atoms with van der Waals surface area (Å²) in [5.41, 5.74) is -0.828. The van der Waals surface area contributed by atoms with Gasteiger partial charge >= 0.3 is 0 Å². The van der Waals surface area contributed by atoms with Crippen molar-refractivity contribution in [3.05, 3.63) is 0 Å². The highest BCUT2D eigenvalue weighted by atomic mass is 16.3. The normalized spacial score (nSPS) is 22.7. The van der Waals surface area contributed by atoms with E-state index in [1.807, 2.05) is 27.7 Å². The molecule has 0 aromatic rings. The molecular formula is C14H26N2O. The van der Waals surface area contributed by atoms with Crippen LogP contribution in [-0.4, -0.2) is 34.7 Å². The van der Waals surface area contributed by atoms with Crippen molar-refractivity contribution in [1.82, 2.24) is 4.90 Å². The molecule has 0 aliphatic carbocycles. The number of rotatable bonds is 5. The van der Waals surface area contributed by atoms with Gasteiger partial charge in [-0.05, 0) is 66.5 Å². The van der Waals surface area contributed by atoms with Gasteiger partial charge in [-0.15, -0.1) is 0 Å². The topological polar surface area (TPSA) is 47.3 Å². The summed E-state index contributed by atoms with van der Waals surface area (Å²) >= 11 is 0. The molecule has 3 heteroatoms. The predicted molar refractivity (Wildman–Crippen MR) is 69.5 cm³/mol. The molecule has 1 fully saturated rings. The van der Waals surface area contributed by atoms with Gasteiger partial charge in [0.1, 0.15) is 0 Å². The van der Waals surface area contributed by atoms with E-state index in [1.165, 1.54) is 6.42 Å². The van der Waals surface area contributed by atoms with Crippen molar-refractivity contribution in [3.8, 4) is 6.07 Å². The molecule has 3 nitrogen and oxygen atoms in total. The lowest BCUT2D eigenvalue weighted by Crippen LogP contribution is -2.46. The molecular weight excluding hydrogens is 212 g/mol. The van der Waals surface area contributed by atoms with E-state index in [0.29, 0.717) is 0 Å². The maximum atomic E-state index is 10.1. The lowest BCUT2D eigenvalue weighted by Gasteiger charge is -2.34. The zero-order valence-corrected chi connectivity index (χ0v) is 11.7. The van der Waals surface area contributed by atoms with E-state index in [0.717, 1.165) is 32.4 Å². The Morgan fingerprint density at radius 3 is 2.53 bits per heavy atom. The first kappa shape index (κ1) is 14.5. The first-order valence-corrected chi connectivity index (χ1v) is 6.64. The summed E-state index contributed by atoms with van der Waals surface area (Å²) < 4.78 is 0. The minimum atomic E-state index is -0.610. The smallest absolute Gasteiger partial charge is 0.0746 e. The minimum absolute atomic E-state index is 0.218. The molecule has 1 aliphatic rings. The molecule has 1 aliphatic heterocycles. The molecule has 1 heterocycles. The Hall–Kier alpha value is -0.590. The van der Waals surface area contributed by atoms with Gasteiger partial charge in [-0.3, -0.25) is 4.90 Å². The van der Waals surface area contributed by atoms with E-state index >= 15 is 0 Å². The van der Waals surface area contributed by atoms with E-state index < -0.39 is 5.60 Å². The summed E-state index contributed by atoms with van der Waals surface area (Å²) in [6.45, 7) is 9.86. The third-order valence-corrected chi connectivity index (χ3v) is 3.73. The number of nitrogens with zero attached hydrogens (tertiary/aromatic N) is 2. The number of hydrogen-bond donors (Lipinski definition) is 1. The van der Waals surface area contributed by atoms with E-state index in [-0.39, 0.29) is 11.5 Å². The van der Waals surface area contributed by atoms with Crippen LogP contribution in [0.1, 0.15) is 53.4 Å². The second kappa shape index (κ2) is 5.37. The zero-order chi connectivity index (χ0) is 13.1. The van der Waals surface area contributed by atoms with E-state index in [9.17, 15) is 5.11 Å². The van der Waals surface area contributed by atoms with Gasteiger partial charge in [-0.1, -0.05) is 0 Å². The van der Waals surface area contributed by atoms with Gasteiger partial charge in [0.15, 0.2) is 0 Å². The standard InChI is InChI=1S/C14H26N2O/c1-13(2,11-15)8-6-10-16-9-5-7-12(16)14(3,4)17/h12,17H,5-10H2,1-4H3. The molecule has 0 spiro atoms. The van der Waals surface area contributed by atoms with Crippen LogP contribution < -0.4 is 0 Å². The molecule has 0 radical (unpaired) electrons. The molecule has 17 heavy (non-hydrogen) atoms. The second-order valence-electron chi connectivity index (χ2n) is 6.45. The predicted octanol–water partition coefficient (Wildman–Crippen LogP) is 2.55. The van der Waals surface area contributed by atoms with Gasteiger partial charge < -0.3 is 5.11 Å². The number of likely N-dealkylation sites (tertiary alicyclic amines) is 1. The Labute approximate surface area is 105 Å². The molecule has 0 saturated carbocycles.